The first-order chi connectivity index (χ1) is 13.1. The van der Waals surface area contributed by atoms with Crippen molar-refractivity contribution in [1.29, 1.82) is 0 Å². The minimum Gasteiger partial charge on any atom is -0.444 e. The molecule has 1 aromatic rings. The van der Waals surface area contributed by atoms with E-state index >= 15 is 0 Å². The zero-order chi connectivity index (χ0) is 21.2. The zero-order valence-corrected chi connectivity index (χ0v) is 18.0. The normalized spacial score (nSPS) is 11.6. The standard InChI is InChI=1S/C18H27Cl2N5O3/c1-18(2,3)28-17(27)25-10-9-24-16(21-4)23-8-7-22-15(26)12-5-6-13(19)14(20)11-12/h5-6,11H,7-10H2,1-4H3,(H,22,26)(H,25,27)(H2,21,23,24). The first-order valence-electron chi connectivity index (χ1n) is 8.77. The van der Waals surface area contributed by atoms with Crippen molar-refractivity contribution >= 4 is 41.2 Å². The summed E-state index contributed by atoms with van der Waals surface area (Å²) in [6.45, 7) is 7.10. The molecule has 0 aliphatic carbocycles. The van der Waals surface area contributed by atoms with Gasteiger partial charge in [-0.3, -0.25) is 9.79 Å². The number of aliphatic imine (C=N–C) groups is 1. The minimum atomic E-state index is -0.531. The van der Waals surface area contributed by atoms with Crippen molar-refractivity contribution < 1.29 is 14.3 Å². The second kappa shape index (κ2) is 11.6. The molecule has 0 saturated heterocycles. The number of benzene rings is 1. The lowest BCUT2D eigenvalue weighted by atomic mass is 10.2. The Hall–Kier alpha value is -2.19. The average Bonchev–Trinajstić information content (AvgIpc) is 2.60. The molecule has 0 atom stereocenters. The summed E-state index contributed by atoms with van der Waals surface area (Å²) in [4.78, 5) is 27.7. The highest BCUT2D eigenvalue weighted by Gasteiger charge is 2.15. The van der Waals surface area contributed by atoms with E-state index in [0.29, 0.717) is 47.7 Å². The van der Waals surface area contributed by atoms with Crippen LogP contribution >= 0.6 is 23.2 Å². The molecule has 28 heavy (non-hydrogen) atoms. The van der Waals surface area contributed by atoms with Gasteiger partial charge in [0.05, 0.1) is 10.0 Å². The maximum absolute atomic E-state index is 12.1. The largest absolute Gasteiger partial charge is 0.444 e. The predicted octanol–water partition coefficient (Wildman–Crippen LogP) is 2.41. The number of rotatable bonds is 7. The molecule has 0 aromatic heterocycles. The van der Waals surface area contributed by atoms with E-state index in [0.717, 1.165) is 0 Å². The van der Waals surface area contributed by atoms with Crippen LogP contribution in [0.4, 0.5) is 4.79 Å². The number of carbonyl (C=O) groups is 2. The number of guanidine groups is 1. The number of hydrogen-bond donors (Lipinski definition) is 4. The van der Waals surface area contributed by atoms with E-state index in [4.69, 9.17) is 27.9 Å². The fourth-order valence-corrected chi connectivity index (χ4v) is 2.27. The summed E-state index contributed by atoms with van der Waals surface area (Å²) >= 11 is 11.7. The molecule has 0 bridgehead atoms. The van der Waals surface area contributed by atoms with Gasteiger partial charge < -0.3 is 26.0 Å². The van der Waals surface area contributed by atoms with Crippen LogP contribution in [-0.2, 0) is 4.74 Å². The van der Waals surface area contributed by atoms with Gasteiger partial charge in [-0.15, -0.1) is 0 Å². The molecule has 0 saturated carbocycles. The lowest BCUT2D eigenvalue weighted by molar-refractivity contribution is 0.0528. The van der Waals surface area contributed by atoms with E-state index < -0.39 is 11.7 Å². The highest BCUT2D eigenvalue weighted by atomic mass is 35.5. The summed E-state index contributed by atoms with van der Waals surface area (Å²) in [7, 11) is 1.63. The molecule has 0 spiro atoms. The van der Waals surface area contributed by atoms with Crippen LogP contribution in [0.25, 0.3) is 0 Å². The third kappa shape index (κ3) is 9.66. The summed E-state index contributed by atoms with van der Waals surface area (Å²) in [5.41, 5.74) is -0.0956. The summed E-state index contributed by atoms with van der Waals surface area (Å²) in [6.07, 6.45) is -0.470. The molecule has 0 aliphatic rings. The van der Waals surface area contributed by atoms with Crippen molar-refractivity contribution in [1.82, 2.24) is 21.3 Å². The molecule has 4 N–H and O–H groups in total. The van der Waals surface area contributed by atoms with E-state index in [1.807, 2.05) is 0 Å². The highest BCUT2D eigenvalue weighted by Crippen LogP contribution is 2.22. The molecular weight excluding hydrogens is 405 g/mol. The number of hydrogen-bond acceptors (Lipinski definition) is 4. The maximum atomic E-state index is 12.1. The van der Waals surface area contributed by atoms with Gasteiger partial charge in [0.1, 0.15) is 5.60 Å². The number of nitrogens with one attached hydrogen (secondary N) is 4. The lowest BCUT2D eigenvalue weighted by Gasteiger charge is -2.20. The van der Waals surface area contributed by atoms with Crippen LogP contribution in [0.15, 0.2) is 23.2 Å². The van der Waals surface area contributed by atoms with E-state index in [1.54, 1.807) is 40.0 Å². The van der Waals surface area contributed by atoms with Crippen molar-refractivity contribution in [3.8, 4) is 0 Å². The first kappa shape index (κ1) is 23.8. The number of nitrogens with zero attached hydrogens (tertiary/aromatic N) is 1. The number of ether oxygens (including phenoxy) is 1. The Morgan fingerprint density at radius 3 is 2.07 bits per heavy atom. The second-order valence-electron chi connectivity index (χ2n) is 6.74. The van der Waals surface area contributed by atoms with Crippen LogP contribution in [0, 0.1) is 0 Å². The van der Waals surface area contributed by atoms with Crippen LogP contribution in [0.2, 0.25) is 10.0 Å². The molecule has 0 unspecified atom stereocenters. The van der Waals surface area contributed by atoms with E-state index in [-0.39, 0.29) is 5.91 Å². The number of alkyl carbamates (subject to hydrolysis) is 1. The molecular formula is C18H27Cl2N5O3. The third-order valence-electron chi connectivity index (χ3n) is 3.19. The summed E-state index contributed by atoms with van der Waals surface area (Å²) in [6, 6.07) is 4.70. The molecule has 10 heteroatoms. The molecule has 0 aliphatic heterocycles. The molecule has 8 nitrogen and oxygen atoms in total. The van der Waals surface area contributed by atoms with Crippen molar-refractivity contribution in [2.75, 3.05) is 33.2 Å². The molecule has 2 amide bonds. The molecule has 156 valence electrons. The molecule has 1 rings (SSSR count). The zero-order valence-electron chi connectivity index (χ0n) is 16.5. The Kier molecular flexibility index (Phi) is 9.89. The minimum absolute atomic E-state index is 0.245. The first-order valence-corrected chi connectivity index (χ1v) is 9.52. The van der Waals surface area contributed by atoms with Crippen LogP contribution in [0.3, 0.4) is 0 Å². The summed E-state index contributed by atoms with van der Waals surface area (Å²) in [5, 5.41) is 12.2. The van der Waals surface area contributed by atoms with Gasteiger partial charge in [0.15, 0.2) is 5.96 Å². The average molecular weight is 432 g/mol. The number of carbonyl (C=O) groups excluding carboxylic acids is 2. The van der Waals surface area contributed by atoms with Gasteiger partial charge in [-0.25, -0.2) is 4.79 Å². The van der Waals surface area contributed by atoms with Crippen LogP contribution in [0.1, 0.15) is 31.1 Å². The third-order valence-corrected chi connectivity index (χ3v) is 3.93. The van der Waals surface area contributed by atoms with Gasteiger partial charge in [0.2, 0.25) is 0 Å². The van der Waals surface area contributed by atoms with Gasteiger partial charge in [-0.1, -0.05) is 23.2 Å². The van der Waals surface area contributed by atoms with E-state index in [2.05, 4.69) is 26.3 Å². The fraction of sp³-hybridized carbons (Fsp3) is 0.500. The Bertz CT molecular complexity index is 705. The predicted molar refractivity (Wildman–Crippen MR) is 112 cm³/mol. The van der Waals surface area contributed by atoms with Crippen LogP contribution < -0.4 is 21.3 Å². The van der Waals surface area contributed by atoms with Gasteiger partial charge >= 0.3 is 6.09 Å². The lowest BCUT2D eigenvalue weighted by Crippen LogP contribution is -2.44. The maximum Gasteiger partial charge on any atom is 0.407 e. The Morgan fingerprint density at radius 1 is 0.964 bits per heavy atom. The highest BCUT2D eigenvalue weighted by molar-refractivity contribution is 6.42. The van der Waals surface area contributed by atoms with Gasteiger partial charge in [-0.05, 0) is 39.0 Å². The van der Waals surface area contributed by atoms with Crippen molar-refractivity contribution in [3.63, 3.8) is 0 Å². The van der Waals surface area contributed by atoms with Gasteiger partial charge in [0.25, 0.3) is 5.91 Å². The van der Waals surface area contributed by atoms with E-state index in [1.165, 1.54) is 6.07 Å². The smallest absolute Gasteiger partial charge is 0.407 e. The number of halogens is 2. The van der Waals surface area contributed by atoms with Crippen molar-refractivity contribution in [2.45, 2.75) is 26.4 Å². The second-order valence-corrected chi connectivity index (χ2v) is 7.55. The summed E-state index contributed by atoms with van der Waals surface area (Å²) in [5.74, 6) is 0.305. The van der Waals surface area contributed by atoms with E-state index in [9.17, 15) is 9.59 Å². The Morgan fingerprint density at radius 2 is 1.54 bits per heavy atom. The van der Waals surface area contributed by atoms with Crippen LogP contribution in [0.5, 0.6) is 0 Å². The number of amides is 2. The fourth-order valence-electron chi connectivity index (χ4n) is 1.98. The molecule has 0 fully saturated rings. The van der Waals surface area contributed by atoms with Crippen molar-refractivity contribution in [2.24, 2.45) is 4.99 Å². The quantitative estimate of drug-likeness (QED) is 0.301. The Labute approximate surface area is 175 Å². The topological polar surface area (TPSA) is 104 Å². The summed E-state index contributed by atoms with van der Waals surface area (Å²) < 4.78 is 5.14. The molecule has 0 radical (unpaired) electrons. The monoisotopic (exact) mass is 431 g/mol. The van der Waals surface area contributed by atoms with Crippen molar-refractivity contribution in [3.05, 3.63) is 33.8 Å². The van der Waals surface area contributed by atoms with Crippen LogP contribution in [-0.4, -0.2) is 56.8 Å². The van der Waals surface area contributed by atoms with Gasteiger partial charge in [0, 0.05) is 38.8 Å². The molecule has 0 heterocycles. The van der Waals surface area contributed by atoms with Gasteiger partial charge in [-0.2, -0.15) is 0 Å². The Balaban J connectivity index is 2.23. The molecule has 1 aromatic carbocycles. The SMILES string of the molecule is CN=C(NCCNC(=O)OC(C)(C)C)NCCNC(=O)c1ccc(Cl)c(Cl)c1.